The number of hydrogen-bond acceptors (Lipinski definition) is 2. The lowest BCUT2D eigenvalue weighted by molar-refractivity contribution is 0.937. The van der Waals surface area contributed by atoms with E-state index in [1.807, 2.05) is 26.8 Å². The Kier molecular flexibility index (Phi) is 6.71. The Morgan fingerprint density at radius 2 is 1.67 bits per heavy atom. The van der Waals surface area contributed by atoms with Gasteiger partial charge in [-0.1, -0.05) is 62.7 Å². The highest BCUT2D eigenvalue weighted by Gasteiger charge is 2.24. The van der Waals surface area contributed by atoms with Crippen LogP contribution in [0.1, 0.15) is 34.1 Å². The Morgan fingerprint density at radius 1 is 1.12 bits per heavy atom. The average molecular weight is 361 g/mol. The van der Waals surface area contributed by atoms with Crippen molar-refractivity contribution in [3.05, 3.63) is 58.4 Å². The van der Waals surface area contributed by atoms with Crippen LogP contribution >= 0.6 is 20.8 Å². The maximum absolute atomic E-state index is 6.48. The van der Waals surface area contributed by atoms with Crippen molar-refractivity contribution in [1.82, 2.24) is 0 Å². The molecular formula is C20H26ClN2P. The van der Waals surface area contributed by atoms with Crippen LogP contribution in [0, 0.1) is 0 Å². The van der Waals surface area contributed by atoms with Crippen LogP contribution < -0.4 is 10.6 Å². The van der Waals surface area contributed by atoms with Gasteiger partial charge >= 0.3 is 0 Å². The molecule has 0 aromatic heterocycles. The fourth-order valence-corrected chi connectivity index (χ4v) is 3.54. The Balaban J connectivity index is 0.00000100. The van der Waals surface area contributed by atoms with Gasteiger partial charge < -0.3 is 10.6 Å². The number of nitrogens with one attached hydrogen (secondary N) is 2. The number of benzene rings is 2. The van der Waals surface area contributed by atoms with Gasteiger partial charge in [0.2, 0.25) is 0 Å². The first kappa shape index (κ1) is 18.8. The first-order valence-corrected chi connectivity index (χ1v) is 9.46. The summed E-state index contributed by atoms with van der Waals surface area (Å²) < 4.78 is 0. The van der Waals surface area contributed by atoms with Crippen LogP contribution in [-0.2, 0) is 0 Å². The summed E-state index contributed by atoms with van der Waals surface area (Å²) in [6.45, 7) is 8.10. The van der Waals surface area contributed by atoms with Crippen LogP contribution in [0.25, 0.3) is 10.8 Å². The minimum absolute atomic E-state index is 0.0309. The zero-order chi connectivity index (χ0) is 17.7. The SMILES string of the molecule is C/C=C(Cl)\C(=C(\P)CC)C1Nc2cccc3cccc(c23)N1.CC. The molecule has 2 aromatic rings. The van der Waals surface area contributed by atoms with Crippen LogP contribution in [0.5, 0.6) is 0 Å². The van der Waals surface area contributed by atoms with E-state index in [4.69, 9.17) is 11.6 Å². The van der Waals surface area contributed by atoms with E-state index < -0.39 is 0 Å². The van der Waals surface area contributed by atoms with E-state index in [1.165, 1.54) is 16.1 Å². The van der Waals surface area contributed by atoms with E-state index in [2.05, 4.69) is 63.2 Å². The summed E-state index contributed by atoms with van der Waals surface area (Å²) >= 11 is 6.48. The molecule has 0 amide bonds. The number of anilines is 2. The Hall–Kier alpha value is -1.50. The van der Waals surface area contributed by atoms with E-state index in [0.717, 1.165) is 28.4 Å². The molecule has 1 atom stereocenters. The van der Waals surface area contributed by atoms with Crippen molar-refractivity contribution in [1.29, 1.82) is 0 Å². The van der Waals surface area contributed by atoms with Crippen molar-refractivity contribution in [3.8, 4) is 0 Å². The van der Waals surface area contributed by atoms with Gasteiger partial charge in [0.05, 0.1) is 0 Å². The molecule has 0 saturated carbocycles. The van der Waals surface area contributed by atoms with Crippen molar-refractivity contribution in [2.75, 3.05) is 10.6 Å². The standard InChI is InChI=1S/C18H20ClN2P.C2H6/c1-3-12(19)17(15(22)4-2)18-20-13-9-5-7-11-8-6-10-14(21-18)16(11)13;1-2/h3,5-10,18,20-21H,4,22H2,1-2H3;1-2H3/b12-3+,17-15-;. The van der Waals surface area contributed by atoms with E-state index in [1.54, 1.807) is 0 Å². The normalized spacial score (nSPS) is 15.0. The summed E-state index contributed by atoms with van der Waals surface area (Å²) in [5.74, 6) is 0. The fraction of sp³-hybridized carbons (Fsp3) is 0.300. The van der Waals surface area contributed by atoms with Crippen molar-refractivity contribution in [2.24, 2.45) is 0 Å². The molecule has 0 aliphatic carbocycles. The Bertz CT molecular complexity index is 740. The Morgan fingerprint density at radius 3 is 2.12 bits per heavy atom. The van der Waals surface area contributed by atoms with Crippen molar-refractivity contribution in [3.63, 3.8) is 0 Å². The minimum atomic E-state index is -0.0309. The molecular weight excluding hydrogens is 335 g/mol. The van der Waals surface area contributed by atoms with Crippen molar-refractivity contribution in [2.45, 2.75) is 40.3 Å². The molecule has 4 heteroatoms. The van der Waals surface area contributed by atoms with Gasteiger partial charge in [0.25, 0.3) is 0 Å². The van der Waals surface area contributed by atoms with E-state index in [0.29, 0.717) is 0 Å². The quantitative estimate of drug-likeness (QED) is 0.469. The molecule has 0 saturated heterocycles. The van der Waals surface area contributed by atoms with Gasteiger partial charge in [-0.15, -0.1) is 9.24 Å². The van der Waals surface area contributed by atoms with Gasteiger partial charge in [0.15, 0.2) is 0 Å². The van der Waals surface area contributed by atoms with Gasteiger partial charge in [-0.05, 0) is 36.2 Å². The molecule has 24 heavy (non-hydrogen) atoms. The number of halogens is 1. The van der Waals surface area contributed by atoms with Gasteiger partial charge in [-0.25, -0.2) is 0 Å². The van der Waals surface area contributed by atoms with Crippen LogP contribution in [0.3, 0.4) is 0 Å². The second kappa shape index (κ2) is 8.55. The lowest BCUT2D eigenvalue weighted by Gasteiger charge is -2.32. The molecule has 2 N–H and O–H groups in total. The third-order valence-corrected chi connectivity index (χ3v) is 5.17. The molecule has 2 nitrogen and oxygen atoms in total. The van der Waals surface area contributed by atoms with Crippen LogP contribution in [0.4, 0.5) is 11.4 Å². The van der Waals surface area contributed by atoms with Crippen molar-refractivity contribution < 1.29 is 0 Å². The van der Waals surface area contributed by atoms with Gasteiger partial charge in [0, 0.05) is 27.4 Å². The Labute approximate surface area is 152 Å². The lowest BCUT2D eigenvalue weighted by Crippen LogP contribution is -2.34. The molecule has 128 valence electrons. The zero-order valence-electron chi connectivity index (χ0n) is 14.8. The summed E-state index contributed by atoms with van der Waals surface area (Å²) in [5, 5.41) is 11.6. The zero-order valence-corrected chi connectivity index (χ0v) is 16.7. The fourth-order valence-electron chi connectivity index (χ4n) is 2.90. The second-order valence-corrected chi connectivity index (χ2v) is 6.46. The summed E-state index contributed by atoms with van der Waals surface area (Å²) in [4.78, 5) is 0. The molecule has 0 radical (unpaired) electrons. The third kappa shape index (κ3) is 3.61. The highest BCUT2D eigenvalue weighted by molar-refractivity contribution is 7.22. The highest BCUT2D eigenvalue weighted by atomic mass is 35.5. The van der Waals surface area contributed by atoms with E-state index in [9.17, 15) is 0 Å². The predicted octanol–water partition coefficient (Wildman–Crippen LogP) is 6.71. The van der Waals surface area contributed by atoms with E-state index in [-0.39, 0.29) is 6.17 Å². The number of hydrogen-bond donors (Lipinski definition) is 2. The lowest BCUT2D eigenvalue weighted by atomic mass is 10.0. The van der Waals surface area contributed by atoms with Gasteiger partial charge in [-0.2, -0.15) is 0 Å². The molecule has 0 bridgehead atoms. The van der Waals surface area contributed by atoms with E-state index >= 15 is 0 Å². The summed E-state index contributed by atoms with van der Waals surface area (Å²) in [7, 11) is 2.82. The minimum Gasteiger partial charge on any atom is -0.361 e. The molecule has 1 aliphatic rings. The average Bonchev–Trinajstić information content (AvgIpc) is 2.63. The molecule has 0 spiro atoms. The summed E-state index contributed by atoms with van der Waals surface area (Å²) in [6.07, 6.45) is 2.85. The molecule has 2 aromatic carbocycles. The van der Waals surface area contributed by atoms with Gasteiger partial charge in [0.1, 0.15) is 6.17 Å². The third-order valence-electron chi connectivity index (χ3n) is 4.03. The topological polar surface area (TPSA) is 24.1 Å². The molecule has 1 unspecified atom stereocenters. The predicted molar refractivity (Wildman–Crippen MR) is 113 cm³/mol. The second-order valence-electron chi connectivity index (χ2n) is 5.36. The molecule has 1 aliphatic heterocycles. The highest BCUT2D eigenvalue weighted by Crippen LogP contribution is 2.38. The smallest absolute Gasteiger partial charge is 0.125 e. The summed E-state index contributed by atoms with van der Waals surface area (Å²) in [5.41, 5.74) is 3.39. The monoisotopic (exact) mass is 360 g/mol. The van der Waals surface area contributed by atoms with Crippen molar-refractivity contribution >= 4 is 43.0 Å². The maximum Gasteiger partial charge on any atom is 0.125 e. The summed E-state index contributed by atoms with van der Waals surface area (Å²) in [6, 6.07) is 12.7. The molecule has 0 fully saturated rings. The van der Waals surface area contributed by atoms with Crippen LogP contribution in [-0.4, -0.2) is 6.17 Å². The van der Waals surface area contributed by atoms with Crippen LogP contribution in [0.15, 0.2) is 58.4 Å². The molecule has 1 heterocycles. The first-order valence-electron chi connectivity index (χ1n) is 8.51. The van der Waals surface area contributed by atoms with Crippen LogP contribution in [0.2, 0.25) is 0 Å². The molecule has 3 rings (SSSR count). The number of allylic oxidation sites excluding steroid dienone is 2. The maximum atomic E-state index is 6.48. The number of rotatable bonds is 3. The van der Waals surface area contributed by atoms with Gasteiger partial charge in [-0.3, -0.25) is 0 Å². The first-order chi connectivity index (χ1) is 11.7. The largest absolute Gasteiger partial charge is 0.361 e.